The van der Waals surface area contributed by atoms with Crippen molar-refractivity contribution in [2.24, 2.45) is 0 Å². The summed E-state index contributed by atoms with van der Waals surface area (Å²) in [4.78, 5) is 15.7. The number of esters is 1. The summed E-state index contributed by atoms with van der Waals surface area (Å²) in [7, 11) is 0. The normalized spacial score (nSPS) is 10.5. The number of ether oxygens (including phenoxy) is 1. The number of carbonyl (C=O) groups excluding carboxylic acids is 1. The van der Waals surface area contributed by atoms with Crippen LogP contribution in [0.15, 0.2) is 22.9 Å². The van der Waals surface area contributed by atoms with Crippen LogP contribution in [0.25, 0.3) is 0 Å². The first-order valence-electron chi connectivity index (χ1n) is 5.32. The Hall–Kier alpha value is -2.11. The lowest BCUT2D eigenvalue weighted by Gasteiger charge is -2.05. The third-order valence-electron chi connectivity index (χ3n) is 2.19. The molecular weight excluding hydrogens is 222 g/mol. The first-order chi connectivity index (χ1) is 8.20. The van der Waals surface area contributed by atoms with Gasteiger partial charge in [0.05, 0.1) is 6.61 Å². The highest BCUT2D eigenvalue weighted by atomic mass is 16.5. The smallest absolute Gasteiger partial charge is 0.354 e. The van der Waals surface area contributed by atoms with Gasteiger partial charge in [-0.25, -0.2) is 4.79 Å². The summed E-state index contributed by atoms with van der Waals surface area (Å²) in [6.45, 7) is 4.23. The molecule has 2 aromatic heterocycles. The Balaban J connectivity index is 2.16. The summed E-state index contributed by atoms with van der Waals surface area (Å²) >= 11 is 0. The summed E-state index contributed by atoms with van der Waals surface area (Å²) < 4.78 is 11.7. The molecule has 0 aromatic carbocycles. The molecule has 2 rings (SSSR count). The van der Waals surface area contributed by atoms with Gasteiger partial charge in [-0.15, -0.1) is 0 Å². The largest absolute Gasteiger partial charge is 0.461 e. The molecular formula is C11H13N3O3. The van der Waals surface area contributed by atoms with E-state index in [1.165, 1.54) is 0 Å². The van der Waals surface area contributed by atoms with Gasteiger partial charge in [-0.3, -0.25) is 0 Å². The van der Waals surface area contributed by atoms with Crippen molar-refractivity contribution in [3.05, 3.63) is 35.7 Å². The maximum Gasteiger partial charge on any atom is 0.354 e. The van der Waals surface area contributed by atoms with Crippen molar-refractivity contribution in [1.82, 2.24) is 14.7 Å². The molecule has 6 nitrogen and oxygen atoms in total. The van der Waals surface area contributed by atoms with E-state index in [0.29, 0.717) is 30.6 Å². The lowest BCUT2D eigenvalue weighted by atomic mass is 10.4. The molecule has 0 amide bonds. The number of hydrogen-bond donors (Lipinski definition) is 0. The number of carbonyl (C=O) groups is 1. The molecule has 2 aromatic rings. The van der Waals surface area contributed by atoms with Crippen molar-refractivity contribution < 1.29 is 14.1 Å². The second-order valence-electron chi connectivity index (χ2n) is 3.48. The average Bonchev–Trinajstić information content (AvgIpc) is 2.89. The molecule has 0 aliphatic heterocycles. The van der Waals surface area contributed by atoms with E-state index in [-0.39, 0.29) is 5.97 Å². The standard InChI is InChI=1S/C11H13N3O3/c1-3-16-11(15)9-5-4-6-14(9)7-10-12-8(2)13-17-10/h4-6H,3,7H2,1-2H3. The molecule has 90 valence electrons. The molecule has 0 fully saturated rings. The molecule has 17 heavy (non-hydrogen) atoms. The summed E-state index contributed by atoms with van der Waals surface area (Å²) in [5.41, 5.74) is 0.475. The number of nitrogens with zero attached hydrogens (tertiary/aromatic N) is 3. The van der Waals surface area contributed by atoms with Crippen LogP contribution in [-0.4, -0.2) is 27.3 Å². The monoisotopic (exact) mass is 235 g/mol. The van der Waals surface area contributed by atoms with Gasteiger partial charge >= 0.3 is 5.97 Å². The second kappa shape index (κ2) is 4.82. The van der Waals surface area contributed by atoms with Gasteiger partial charge in [-0.2, -0.15) is 4.98 Å². The summed E-state index contributed by atoms with van der Waals surface area (Å²) in [6, 6.07) is 3.47. The lowest BCUT2D eigenvalue weighted by Crippen LogP contribution is -2.12. The van der Waals surface area contributed by atoms with E-state index >= 15 is 0 Å². The van der Waals surface area contributed by atoms with Gasteiger partial charge in [0.25, 0.3) is 0 Å². The van der Waals surface area contributed by atoms with Crippen molar-refractivity contribution in [1.29, 1.82) is 0 Å². The van der Waals surface area contributed by atoms with Crippen LogP contribution < -0.4 is 0 Å². The minimum absolute atomic E-state index is 0.351. The number of rotatable bonds is 4. The highest BCUT2D eigenvalue weighted by Crippen LogP contribution is 2.08. The van der Waals surface area contributed by atoms with Crippen LogP contribution in [0.5, 0.6) is 0 Å². The molecule has 0 radical (unpaired) electrons. The Morgan fingerprint density at radius 1 is 1.59 bits per heavy atom. The summed E-state index contributed by atoms with van der Waals surface area (Å²) in [6.07, 6.45) is 1.77. The molecule has 0 saturated heterocycles. The van der Waals surface area contributed by atoms with Crippen LogP contribution >= 0.6 is 0 Å². The van der Waals surface area contributed by atoms with Gasteiger partial charge in [0.15, 0.2) is 5.82 Å². The van der Waals surface area contributed by atoms with E-state index in [1.54, 1.807) is 36.7 Å². The van der Waals surface area contributed by atoms with Crippen LogP contribution in [0.2, 0.25) is 0 Å². The van der Waals surface area contributed by atoms with Gasteiger partial charge in [-0.05, 0) is 26.0 Å². The summed E-state index contributed by atoms with van der Waals surface area (Å²) in [5.74, 6) is 0.683. The maximum absolute atomic E-state index is 11.6. The highest BCUT2D eigenvalue weighted by Gasteiger charge is 2.13. The van der Waals surface area contributed by atoms with E-state index in [2.05, 4.69) is 10.1 Å². The molecule has 0 saturated carbocycles. The van der Waals surface area contributed by atoms with E-state index in [0.717, 1.165) is 0 Å². The van der Waals surface area contributed by atoms with Crippen LogP contribution in [0, 0.1) is 6.92 Å². The van der Waals surface area contributed by atoms with Crippen LogP contribution in [0.4, 0.5) is 0 Å². The molecule has 6 heteroatoms. The van der Waals surface area contributed by atoms with Gasteiger partial charge < -0.3 is 13.8 Å². The van der Waals surface area contributed by atoms with Gasteiger partial charge in [0, 0.05) is 6.20 Å². The van der Waals surface area contributed by atoms with Crippen LogP contribution in [-0.2, 0) is 11.3 Å². The third-order valence-corrected chi connectivity index (χ3v) is 2.19. The van der Waals surface area contributed by atoms with Crippen molar-refractivity contribution in [2.75, 3.05) is 6.61 Å². The number of aromatic nitrogens is 3. The fourth-order valence-electron chi connectivity index (χ4n) is 1.49. The van der Waals surface area contributed by atoms with E-state index < -0.39 is 0 Å². The highest BCUT2D eigenvalue weighted by molar-refractivity contribution is 5.87. The van der Waals surface area contributed by atoms with E-state index in [4.69, 9.17) is 9.26 Å². The molecule has 2 heterocycles. The molecule has 0 spiro atoms. The first kappa shape index (κ1) is 11.4. The Labute approximate surface area is 98.2 Å². The predicted octanol–water partition coefficient (Wildman–Crippen LogP) is 1.40. The van der Waals surface area contributed by atoms with Gasteiger partial charge in [0.2, 0.25) is 5.89 Å². The van der Waals surface area contributed by atoms with Crippen molar-refractivity contribution in [3.8, 4) is 0 Å². The number of hydrogen-bond acceptors (Lipinski definition) is 5. The fraction of sp³-hybridized carbons (Fsp3) is 0.364. The molecule has 0 aliphatic carbocycles. The topological polar surface area (TPSA) is 70.2 Å². The Kier molecular flexibility index (Phi) is 3.22. The minimum Gasteiger partial charge on any atom is -0.461 e. The molecule has 0 bridgehead atoms. The van der Waals surface area contributed by atoms with E-state index in [1.807, 2.05) is 0 Å². The first-order valence-corrected chi connectivity index (χ1v) is 5.32. The molecule has 0 atom stereocenters. The Morgan fingerprint density at radius 3 is 3.06 bits per heavy atom. The van der Waals surface area contributed by atoms with Crippen molar-refractivity contribution >= 4 is 5.97 Å². The van der Waals surface area contributed by atoms with Crippen molar-refractivity contribution in [2.45, 2.75) is 20.4 Å². The Morgan fingerprint density at radius 2 is 2.41 bits per heavy atom. The zero-order chi connectivity index (χ0) is 12.3. The quantitative estimate of drug-likeness (QED) is 0.749. The molecule has 0 unspecified atom stereocenters. The SMILES string of the molecule is CCOC(=O)c1cccn1Cc1nc(C)no1. The third kappa shape index (κ3) is 2.52. The average molecular weight is 235 g/mol. The zero-order valence-electron chi connectivity index (χ0n) is 9.71. The van der Waals surface area contributed by atoms with Crippen LogP contribution in [0.3, 0.4) is 0 Å². The zero-order valence-corrected chi connectivity index (χ0v) is 9.71. The number of aryl methyl sites for hydroxylation is 1. The van der Waals surface area contributed by atoms with Gasteiger partial charge in [-0.1, -0.05) is 5.16 Å². The lowest BCUT2D eigenvalue weighted by molar-refractivity contribution is 0.0514. The van der Waals surface area contributed by atoms with E-state index in [9.17, 15) is 4.79 Å². The predicted molar refractivity (Wildman–Crippen MR) is 58.5 cm³/mol. The molecule has 0 N–H and O–H groups in total. The maximum atomic E-state index is 11.6. The summed E-state index contributed by atoms with van der Waals surface area (Å²) in [5, 5.41) is 3.69. The minimum atomic E-state index is -0.353. The fourth-order valence-corrected chi connectivity index (χ4v) is 1.49. The second-order valence-corrected chi connectivity index (χ2v) is 3.48. The van der Waals surface area contributed by atoms with Crippen molar-refractivity contribution in [3.63, 3.8) is 0 Å². The molecule has 0 aliphatic rings. The van der Waals surface area contributed by atoms with Gasteiger partial charge in [0.1, 0.15) is 12.2 Å². The van der Waals surface area contributed by atoms with Crippen LogP contribution in [0.1, 0.15) is 29.1 Å². The Bertz CT molecular complexity index is 516.